The predicted molar refractivity (Wildman–Crippen MR) is 102 cm³/mol. The van der Waals surface area contributed by atoms with Crippen LogP contribution in [0.4, 0.5) is 0 Å². The number of benzene rings is 2. The van der Waals surface area contributed by atoms with Crippen LogP contribution in [0.15, 0.2) is 59.5 Å². The number of carbonyl (C=O) groups excluding carboxylic acids is 1. The van der Waals surface area contributed by atoms with Gasteiger partial charge in [-0.1, -0.05) is 12.1 Å². The van der Waals surface area contributed by atoms with Crippen molar-refractivity contribution in [1.82, 2.24) is 15.1 Å². The van der Waals surface area contributed by atoms with E-state index in [0.29, 0.717) is 36.4 Å². The third-order valence-corrected chi connectivity index (χ3v) is 3.88. The van der Waals surface area contributed by atoms with E-state index in [9.17, 15) is 9.59 Å². The highest BCUT2D eigenvalue weighted by molar-refractivity contribution is 5.81. The van der Waals surface area contributed by atoms with Crippen molar-refractivity contribution in [3.63, 3.8) is 0 Å². The largest absolute Gasteiger partial charge is 0.494 e. The Balaban J connectivity index is 1.49. The average molecular weight is 367 g/mol. The van der Waals surface area contributed by atoms with Crippen LogP contribution in [0.2, 0.25) is 0 Å². The Hall–Kier alpha value is -3.35. The van der Waals surface area contributed by atoms with Crippen LogP contribution in [-0.2, 0) is 11.3 Å². The third kappa shape index (κ3) is 4.84. The Morgan fingerprint density at radius 3 is 2.52 bits per heavy atom. The van der Waals surface area contributed by atoms with Gasteiger partial charge in [-0.25, -0.2) is 0 Å². The highest BCUT2D eigenvalue weighted by Crippen LogP contribution is 2.17. The minimum atomic E-state index is -0.202. The molecule has 0 atom stereocenters. The van der Waals surface area contributed by atoms with E-state index < -0.39 is 0 Å². The van der Waals surface area contributed by atoms with Crippen molar-refractivity contribution in [2.24, 2.45) is 0 Å². The molecule has 0 aliphatic rings. The van der Waals surface area contributed by atoms with Crippen LogP contribution in [0.5, 0.6) is 11.5 Å². The maximum atomic E-state index is 12.1. The Morgan fingerprint density at radius 1 is 1.07 bits per heavy atom. The summed E-state index contributed by atoms with van der Waals surface area (Å²) in [6.07, 6.45) is 1.23. The maximum absolute atomic E-state index is 12.1. The van der Waals surface area contributed by atoms with Gasteiger partial charge in [0.2, 0.25) is 11.3 Å². The minimum absolute atomic E-state index is 0.0316. The Labute approximate surface area is 156 Å². The van der Waals surface area contributed by atoms with E-state index in [-0.39, 0.29) is 17.9 Å². The summed E-state index contributed by atoms with van der Waals surface area (Å²) in [5.41, 5.74) is 0.469. The molecule has 0 radical (unpaired) electrons. The first kappa shape index (κ1) is 18.4. The van der Waals surface area contributed by atoms with Crippen LogP contribution in [0.1, 0.15) is 6.92 Å². The molecule has 0 saturated heterocycles. The lowest BCUT2D eigenvalue weighted by Crippen LogP contribution is -2.32. The quantitative estimate of drug-likeness (QED) is 0.616. The predicted octanol–water partition coefficient (Wildman–Crippen LogP) is 1.99. The molecule has 7 nitrogen and oxygen atoms in total. The summed E-state index contributed by atoms with van der Waals surface area (Å²) in [4.78, 5) is 24.0. The fraction of sp³-hybridized carbons (Fsp3) is 0.250. The summed E-state index contributed by atoms with van der Waals surface area (Å²) in [5.74, 6) is 1.30. The van der Waals surface area contributed by atoms with Gasteiger partial charge in [-0.05, 0) is 43.3 Å². The van der Waals surface area contributed by atoms with Gasteiger partial charge in [0.1, 0.15) is 24.7 Å². The number of para-hydroxylation sites is 1. The van der Waals surface area contributed by atoms with E-state index in [1.165, 1.54) is 10.9 Å². The number of nitrogens with zero attached hydrogens (tertiary/aromatic N) is 2. The number of rotatable bonds is 8. The fourth-order valence-electron chi connectivity index (χ4n) is 2.64. The first-order chi connectivity index (χ1) is 13.2. The van der Waals surface area contributed by atoms with Crippen molar-refractivity contribution in [3.8, 4) is 11.5 Å². The summed E-state index contributed by atoms with van der Waals surface area (Å²) in [6.45, 7) is 3.29. The Kier molecular flexibility index (Phi) is 6.04. The highest BCUT2D eigenvalue weighted by Gasteiger charge is 2.07. The van der Waals surface area contributed by atoms with Crippen molar-refractivity contribution < 1.29 is 14.3 Å². The van der Waals surface area contributed by atoms with Crippen molar-refractivity contribution in [2.75, 3.05) is 19.8 Å². The molecule has 0 fully saturated rings. The topological polar surface area (TPSA) is 82.4 Å². The molecule has 0 spiro atoms. The Morgan fingerprint density at radius 2 is 1.78 bits per heavy atom. The number of amides is 1. The number of hydrogen-bond donors (Lipinski definition) is 1. The van der Waals surface area contributed by atoms with Crippen LogP contribution in [-0.4, -0.2) is 35.4 Å². The molecule has 0 aliphatic heterocycles. The van der Waals surface area contributed by atoms with E-state index in [1.54, 1.807) is 18.2 Å². The van der Waals surface area contributed by atoms with Gasteiger partial charge in [0.15, 0.2) is 0 Å². The summed E-state index contributed by atoms with van der Waals surface area (Å²) < 4.78 is 12.5. The summed E-state index contributed by atoms with van der Waals surface area (Å²) in [7, 11) is 0. The number of ether oxygens (including phenoxy) is 2. The summed E-state index contributed by atoms with van der Waals surface area (Å²) >= 11 is 0. The molecule has 3 aromatic rings. The lowest BCUT2D eigenvalue weighted by Gasteiger charge is -2.11. The fourth-order valence-corrected chi connectivity index (χ4v) is 2.64. The normalized spacial score (nSPS) is 10.6. The number of nitrogens with one attached hydrogen (secondary N) is 1. The number of aromatic nitrogens is 2. The van der Waals surface area contributed by atoms with E-state index >= 15 is 0 Å². The van der Waals surface area contributed by atoms with Crippen molar-refractivity contribution in [2.45, 2.75) is 13.5 Å². The van der Waals surface area contributed by atoms with Gasteiger partial charge < -0.3 is 14.8 Å². The number of hydrogen-bond acceptors (Lipinski definition) is 5. The molecule has 0 aliphatic carbocycles. The SMILES string of the molecule is CCOc1ccc(OCCNC(=O)Cn2ncc(=O)c3ccccc32)cc1. The molecular weight excluding hydrogens is 346 g/mol. The zero-order chi connectivity index (χ0) is 19.1. The van der Waals surface area contributed by atoms with E-state index in [2.05, 4.69) is 10.4 Å². The monoisotopic (exact) mass is 367 g/mol. The van der Waals surface area contributed by atoms with Gasteiger partial charge in [0, 0.05) is 5.39 Å². The van der Waals surface area contributed by atoms with Gasteiger partial charge in [0.25, 0.3) is 0 Å². The van der Waals surface area contributed by atoms with Crippen LogP contribution in [0.25, 0.3) is 10.9 Å². The van der Waals surface area contributed by atoms with E-state index in [0.717, 1.165) is 5.75 Å². The molecule has 3 rings (SSSR count). The minimum Gasteiger partial charge on any atom is -0.494 e. The molecule has 1 aromatic heterocycles. The molecule has 1 N–H and O–H groups in total. The molecule has 2 aromatic carbocycles. The Bertz CT molecular complexity index is 967. The van der Waals surface area contributed by atoms with E-state index in [4.69, 9.17) is 9.47 Å². The molecule has 7 heteroatoms. The zero-order valence-electron chi connectivity index (χ0n) is 15.1. The third-order valence-electron chi connectivity index (χ3n) is 3.88. The summed E-state index contributed by atoms with van der Waals surface area (Å²) in [6, 6.07) is 14.4. The molecule has 0 saturated carbocycles. The van der Waals surface area contributed by atoms with Crippen LogP contribution >= 0.6 is 0 Å². The van der Waals surface area contributed by atoms with E-state index in [1.807, 2.05) is 37.3 Å². The molecule has 0 bridgehead atoms. The van der Waals surface area contributed by atoms with Gasteiger partial charge in [-0.2, -0.15) is 5.10 Å². The first-order valence-corrected chi connectivity index (χ1v) is 8.74. The second-order valence-corrected chi connectivity index (χ2v) is 5.79. The second kappa shape index (κ2) is 8.84. The first-order valence-electron chi connectivity index (χ1n) is 8.74. The zero-order valence-corrected chi connectivity index (χ0v) is 15.1. The average Bonchev–Trinajstić information content (AvgIpc) is 2.69. The molecule has 1 heterocycles. The standard InChI is InChI=1S/C20H21N3O4/c1-2-26-15-7-9-16(10-8-15)27-12-11-21-20(25)14-23-18-6-4-3-5-17(18)19(24)13-22-23/h3-10,13H,2,11-12,14H2,1H3,(H,21,25). The van der Waals surface area contributed by atoms with Gasteiger partial charge in [-0.15, -0.1) is 0 Å². The molecule has 0 unspecified atom stereocenters. The van der Waals surface area contributed by atoms with Crippen LogP contribution < -0.4 is 20.2 Å². The molecular formula is C20H21N3O4. The second-order valence-electron chi connectivity index (χ2n) is 5.79. The maximum Gasteiger partial charge on any atom is 0.241 e. The van der Waals surface area contributed by atoms with Gasteiger partial charge in [0.05, 0.1) is 24.9 Å². The summed E-state index contributed by atoms with van der Waals surface area (Å²) in [5, 5.41) is 7.37. The van der Waals surface area contributed by atoms with Crippen LogP contribution in [0, 0.1) is 0 Å². The lowest BCUT2D eigenvalue weighted by atomic mass is 10.2. The lowest BCUT2D eigenvalue weighted by molar-refractivity contribution is -0.121. The highest BCUT2D eigenvalue weighted by atomic mass is 16.5. The molecule has 1 amide bonds. The van der Waals surface area contributed by atoms with Crippen molar-refractivity contribution in [3.05, 3.63) is 65.0 Å². The molecule has 140 valence electrons. The van der Waals surface area contributed by atoms with Crippen molar-refractivity contribution >= 4 is 16.8 Å². The van der Waals surface area contributed by atoms with Crippen LogP contribution in [0.3, 0.4) is 0 Å². The molecule has 27 heavy (non-hydrogen) atoms. The van der Waals surface area contributed by atoms with Gasteiger partial charge >= 0.3 is 0 Å². The number of carbonyl (C=O) groups is 1. The number of fused-ring (bicyclic) bond motifs is 1. The smallest absolute Gasteiger partial charge is 0.241 e. The van der Waals surface area contributed by atoms with Crippen molar-refractivity contribution in [1.29, 1.82) is 0 Å². The van der Waals surface area contributed by atoms with Gasteiger partial charge in [-0.3, -0.25) is 14.3 Å².